The van der Waals surface area contributed by atoms with E-state index in [4.69, 9.17) is 0 Å². The fourth-order valence-electron chi connectivity index (χ4n) is 0. The van der Waals surface area contributed by atoms with E-state index >= 15 is 0 Å². The van der Waals surface area contributed by atoms with Crippen molar-refractivity contribution in [3.63, 3.8) is 0 Å². The molecule has 0 aromatic carbocycles. The van der Waals surface area contributed by atoms with E-state index in [1.165, 1.54) is 0 Å². The van der Waals surface area contributed by atoms with Crippen LogP contribution in [0.5, 0.6) is 0 Å². The van der Waals surface area contributed by atoms with E-state index in [0.29, 0.717) is 0 Å². The summed E-state index contributed by atoms with van der Waals surface area (Å²) in [6, 6.07) is 0. The van der Waals surface area contributed by atoms with E-state index in [9.17, 15) is 0 Å². The summed E-state index contributed by atoms with van der Waals surface area (Å²) >= 11 is 0. The molecule has 0 fully saturated rings. The van der Waals surface area contributed by atoms with Gasteiger partial charge in [-0.3, -0.25) is 18.8 Å². The first-order valence-electron chi connectivity index (χ1n) is 0. The van der Waals surface area contributed by atoms with Gasteiger partial charge >= 0.3 is 68.9 Å². The Morgan fingerprint density at radius 2 is 0.571 bits per heavy atom. The Kier molecular flexibility index (Phi) is 2230. The summed E-state index contributed by atoms with van der Waals surface area (Å²) in [5, 5.41) is 0. The fourth-order valence-corrected chi connectivity index (χ4v) is 0. The van der Waals surface area contributed by atoms with E-state index in [-0.39, 0.29) is 103 Å². The maximum Gasteiger partial charge on any atom is 1.00 e. The maximum absolute atomic E-state index is 0. The Hall–Kier alpha value is 1.92. The maximum atomic E-state index is 0. The largest absolute Gasteiger partial charge is 1.00 e. The van der Waals surface area contributed by atoms with Gasteiger partial charge in [0.05, 0.1) is 0 Å². The van der Waals surface area contributed by atoms with Gasteiger partial charge in [-0.2, -0.15) is 0 Å². The summed E-state index contributed by atoms with van der Waals surface area (Å²) in [5.74, 6) is 0. The number of hydrogen-bond acceptors (Lipinski definition) is 0. The molecule has 0 unspecified atom stereocenters. The first-order valence-corrected chi connectivity index (χ1v) is 0. The number of hydrogen-bond donors (Lipinski definition) is 0. The summed E-state index contributed by atoms with van der Waals surface area (Å²) in [7, 11) is 0. The molecule has 0 aromatic rings. The third-order valence-corrected chi connectivity index (χ3v) is 0. The zero-order valence-electron chi connectivity index (χ0n) is 3.01. The zero-order chi connectivity index (χ0) is 0. The molecule has 0 spiro atoms. The van der Waals surface area contributed by atoms with Crippen molar-refractivity contribution in [2.45, 2.75) is 0 Å². The predicted molar refractivity (Wildman–Crippen MR) is 21.3 cm³/mol. The van der Waals surface area contributed by atoms with Crippen molar-refractivity contribution in [1.29, 1.82) is 0 Å². The van der Waals surface area contributed by atoms with E-state index < -0.39 is 0 Å². The van der Waals surface area contributed by atoms with Crippen LogP contribution in [0, 0.1) is 0 Å². The fraction of sp³-hybridized carbons (Fsp3) is 0. The average Bonchev–Trinajstić information content (AvgIpc) is 0. The van der Waals surface area contributed by atoms with Crippen molar-refractivity contribution in [2.75, 3.05) is 0 Å². The molecule has 0 aliphatic rings. The van der Waals surface area contributed by atoms with Crippen LogP contribution in [0.15, 0.2) is 0 Å². The van der Waals surface area contributed by atoms with Gasteiger partial charge in [-0.05, 0) is 11.0 Å². The van der Waals surface area contributed by atoms with Gasteiger partial charge in [0.2, 0.25) is 0 Å². The molecule has 0 N–H and O–H groups in total. The molecule has 0 heterocycles. The van der Waals surface area contributed by atoms with Gasteiger partial charge in [0.15, 0.2) is 0 Å². The number of rotatable bonds is 0. The summed E-state index contributed by atoms with van der Waals surface area (Å²) in [4.78, 5) is 0. The Morgan fingerprint density at radius 3 is 0.571 bits per heavy atom. The normalized spacial score (nSPS) is 0. The van der Waals surface area contributed by atoms with Gasteiger partial charge < -0.3 is 4.70 Å². The predicted octanol–water partition coefficient (Wildman–Crippen LogP) is -6.83. The molecule has 0 saturated carbocycles. The molecule has 7 heavy (non-hydrogen) atoms. The first kappa shape index (κ1) is 152. The van der Waals surface area contributed by atoms with Crippen LogP contribution in [0.3, 0.4) is 0 Å². The SMILES string of the molecule is F.F.F.F.[Cs+].[F-].[SiH4]. The third-order valence-electron chi connectivity index (χ3n) is 0. The van der Waals surface area contributed by atoms with Crippen LogP contribution in [0.2, 0.25) is 0 Å². The van der Waals surface area contributed by atoms with Crippen LogP contribution in [-0.4, -0.2) is 11.0 Å². The number of halogens is 5. The third kappa shape index (κ3) is 75.3. The second kappa shape index (κ2) is 103. The van der Waals surface area contributed by atoms with Crippen LogP contribution in [0.4, 0.5) is 18.8 Å². The second-order valence-electron chi connectivity index (χ2n) is 0. The zero-order valence-corrected chi connectivity index (χ0v) is 9.29. The second-order valence-corrected chi connectivity index (χ2v) is 0. The minimum absolute atomic E-state index is 0. The van der Waals surface area contributed by atoms with E-state index in [1.54, 1.807) is 0 Å². The smallest absolute Gasteiger partial charge is 1.00 e. The summed E-state index contributed by atoms with van der Waals surface area (Å²) in [5.41, 5.74) is 0. The standard InChI is InChI=1S/Cs.5FH.H4Si/h;5*1H;1H4/q+1;;;;;;/p-1. The van der Waals surface area contributed by atoms with Crippen LogP contribution in [0.1, 0.15) is 0 Å². The van der Waals surface area contributed by atoms with Crippen molar-refractivity contribution >= 4 is 11.0 Å². The van der Waals surface area contributed by atoms with Crippen LogP contribution in [0.25, 0.3) is 0 Å². The van der Waals surface area contributed by atoms with Crippen molar-refractivity contribution in [1.82, 2.24) is 0 Å². The van der Waals surface area contributed by atoms with Gasteiger partial charge in [-0.1, -0.05) is 0 Å². The van der Waals surface area contributed by atoms with Gasteiger partial charge in [0, 0.05) is 0 Å². The van der Waals surface area contributed by atoms with Crippen molar-refractivity contribution in [2.24, 2.45) is 0 Å². The topological polar surface area (TPSA) is 0 Å². The molecule has 48 valence electrons. The van der Waals surface area contributed by atoms with Crippen LogP contribution < -0.4 is 73.6 Å². The quantitative estimate of drug-likeness (QED) is 0.301. The van der Waals surface area contributed by atoms with Gasteiger partial charge in [-0.15, -0.1) is 0 Å². The molecule has 0 nitrogen and oxygen atoms in total. The summed E-state index contributed by atoms with van der Waals surface area (Å²) in [6.07, 6.45) is 0. The molecule has 0 aromatic heterocycles. The van der Waals surface area contributed by atoms with Crippen molar-refractivity contribution in [3.8, 4) is 0 Å². The summed E-state index contributed by atoms with van der Waals surface area (Å²) in [6.45, 7) is 0. The van der Waals surface area contributed by atoms with Crippen LogP contribution in [-0.2, 0) is 0 Å². The van der Waals surface area contributed by atoms with Crippen LogP contribution >= 0.6 is 0 Å². The van der Waals surface area contributed by atoms with E-state index in [2.05, 4.69) is 0 Å². The van der Waals surface area contributed by atoms with Crippen molar-refractivity contribution in [3.05, 3.63) is 0 Å². The molecular weight excluding hydrogens is 256 g/mol. The minimum atomic E-state index is 0. The Bertz CT molecular complexity index is 8.04. The molecular formula is H8CsF5Si. The summed E-state index contributed by atoms with van der Waals surface area (Å²) < 4.78 is 0. The molecule has 0 saturated heterocycles. The average molecular weight is 264 g/mol. The molecule has 0 atom stereocenters. The first-order chi connectivity index (χ1) is 0. The molecule has 0 aliphatic heterocycles. The Morgan fingerprint density at radius 1 is 0.571 bits per heavy atom. The Balaban J connectivity index is 0. The molecule has 0 bridgehead atoms. The van der Waals surface area contributed by atoms with Crippen molar-refractivity contribution < 1.29 is 92.4 Å². The van der Waals surface area contributed by atoms with Gasteiger partial charge in [0.25, 0.3) is 0 Å². The van der Waals surface area contributed by atoms with Gasteiger partial charge in [-0.25, -0.2) is 0 Å². The monoisotopic (exact) mass is 264 g/mol. The van der Waals surface area contributed by atoms with E-state index in [0.717, 1.165) is 0 Å². The molecule has 0 rings (SSSR count). The molecule has 0 amide bonds. The van der Waals surface area contributed by atoms with Gasteiger partial charge in [0.1, 0.15) is 0 Å². The minimum Gasteiger partial charge on any atom is -1.00 e. The Labute approximate surface area is 101 Å². The molecule has 0 aliphatic carbocycles. The molecule has 7 heteroatoms. The molecule has 0 radical (unpaired) electrons. The van der Waals surface area contributed by atoms with E-state index in [1.807, 2.05) is 0 Å².